The smallest absolute Gasteiger partial charge is 0.271 e. The Hall–Kier alpha value is -4.81. The Morgan fingerprint density at radius 3 is 2.48 bits per heavy atom. The van der Waals surface area contributed by atoms with Crippen LogP contribution in [0.4, 0.5) is 11.4 Å². The summed E-state index contributed by atoms with van der Waals surface area (Å²) in [6, 6.07) is 17.6. The molecule has 1 aliphatic heterocycles. The average molecular weight is 585 g/mol. The van der Waals surface area contributed by atoms with Crippen LogP contribution in [0.1, 0.15) is 47.4 Å². The Labute approximate surface area is 248 Å². The number of hydrogen-bond acceptors (Lipinski definition) is 8. The third kappa shape index (κ3) is 5.17. The first-order chi connectivity index (χ1) is 20.1. The molecule has 0 aromatic heterocycles. The lowest BCUT2D eigenvalue weighted by atomic mass is 9.74. The van der Waals surface area contributed by atoms with Gasteiger partial charge in [-0.05, 0) is 79.3 Å². The summed E-state index contributed by atoms with van der Waals surface area (Å²) < 4.78 is 11.3. The summed E-state index contributed by atoms with van der Waals surface area (Å²) in [5.74, 6) is 0.697. The zero-order valence-corrected chi connectivity index (χ0v) is 24.2. The van der Waals surface area contributed by atoms with Crippen LogP contribution in [-0.4, -0.2) is 17.8 Å². The van der Waals surface area contributed by atoms with Crippen molar-refractivity contribution in [3.8, 4) is 17.6 Å². The lowest BCUT2D eigenvalue weighted by Gasteiger charge is -2.40. The van der Waals surface area contributed by atoms with Crippen LogP contribution in [0, 0.1) is 35.3 Å². The molecule has 1 unspecified atom stereocenters. The molecule has 2 N–H and O–H groups in total. The molecular formula is C32H29ClN4O5. The van der Waals surface area contributed by atoms with Crippen LogP contribution in [0.2, 0.25) is 5.02 Å². The summed E-state index contributed by atoms with van der Waals surface area (Å²) in [6.45, 7) is 4.20. The zero-order valence-electron chi connectivity index (χ0n) is 23.4. The van der Waals surface area contributed by atoms with Gasteiger partial charge in [0.2, 0.25) is 0 Å². The molecule has 5 rings (SSSR count). The lowest BCUT2D eigenvalue weighted by Crippen LogP contribution is -2.39. The third-order valence-electron chi connectivity index (χ3n) is 7.78. The number of methoxy groups -OCH3 is 1. The van der Waals surface area contributed by atoms with Crippen LogP contribution in [0.15, 0.2) is 77.3 Å². The maximum absolute atomic E-state index is 13.6. The second kappa shape index (κ2) is 11.6. The fourth-order valence-corrected chi connectivity index (χ4v) is 5.88. The summed E-state index contributed by atoms with van der Waals surface area (Å²) in [4.78, 5) is 26.2. The molecule has 10 heteroatoms. The molecule has 0 saturated carbocycles. The number of Topliss-reactive ketones (excluding diaryl/α,β-unsaturated/α-hetero) is 1. The number of allylic oxidation sites excluding steroid dienone is 3. The van der Waals surface area contributed by atoms with Crippen molar-refractivity contribution >= 4 is 28.8 Å². The Balaban J connectivity index is 1.62. The number of halogens is 1. The number of nitro benzene ring substituents is 1. The second-order valence-corrected chi connectivity index (χ2v) is 10.7. The highest BCUT2D eigenvalue weighted by Crippen LogP contribution is 2.48. The van der Waals surface area contributed by atoms with Crippen LogP contribution in [0.3, 0.4) is 0 Å². The fraction of sp³-hybridized carbons (Fsp3) is 0.250. The molecular weight excluding hydrogens is 556 g/mol. The van der Waals surface area contributed by atoms with E-state index in [1.165, 1.54) is 18.2 Å². The number of rotatable bonds is 7. The van der Waals surface area contributed by atoms with Gasteiger partial charge >= 0.3 is 0 Å². The van der Waals surface area contributed by atoms with Crippen LogP contribution in [0.5, 0.6) is 11.5 Å². The van der Waals surface area contributed by atoms with Crippen LogP contribution < -0.4 is 20.1 Å². The van der Waals surface area contributed by atoms with Gasteiger partial charge in [-0.15, -0.1) is 0 Å². The molecule has 0 spiro atoms. The van der Waals surface area contributed by atoms with E-state index in [0.29, 0.717) is 36.3 Å². The van der Waals surface area contributed by atoms with Gasteiger partial charge in [-0.1, -0.05) is 23.7 Å². The number of carbonyl (C=O) groups is 1. The molecule has 3 aromatic carbocycles. The van der Waals surface area contributed by atoms with E-state index >= 15 is 0 Å². The largest absolute Gasteiger partial charge is 0.497 e. The lowest BCUT2D eigenvalue weighted by molar-refractivity contribution is -0.384. The summed E-state index contributed by atoms with van der Waals surface area (Å²) in [7, 11) is 1.60. The number of ketones is 1. The number of nitriles is 1. The Bertz CT molecular complexity index is 1700. The molecule has 0 saturated heterocycles. The summed E-state index contributed by atoms with van der Waals surface area (Å²) in [5.41, 5.74) is 11.6. The first-order valence-electron chi connectivity index (χ1n) is 13.4. The molecule has 1 heterocycles. The number of nitro groups is 1. The number of hydrogen-bond donors (Lipinski definition) is 1. The van der Waals surface area contributed by atoms with Crippen LogP contribution in [-0.2, 0) is 11.4 Å². The van der Waals surface area contributed by atoms with Crippen LogP contribution in [0.25, 0.3) is 0 Å². The highest BCUT2D eigenvalue weighted by Gasteiger charge is 2.41. The maximum atomic E-state index is 13.6. The number of anilines is 1. The van der Waals surface area contributed by atoms with Crippen molar-refractivity contribution in [2.24, 2.45) is 5.73 Å². The SMILES string of the molecule is COc1ccc(OCc2cc(C3C(C#N)=C(N)N(c4cc([N+](=O)[O-])ccc4Cl)C4=C3C(=O)CCC4)c(C)cc2C)cc1. The van der Waals surface area contributed by atoms with E-state index in [-0.39, 0.29) is 40.2 Å². The Morgan fingerprint density at radius 1 is 1.10 bits per heavy atom. The van der Waals surface area contributed by atoms with E-state index in [1.54, 1.807) is 12.0 Å². The van der Waals surface area contributed by atoms with E-state index in [2.05, 4.69) is 6.07 Å². The number of nitrogens with zero attached hydrogens (tertiary/aromatic N) is 3. The normalized spacial score (nSPS) is 16.7. The van der Waals surface area contributed by atoms with Crippen molar-refractivity contribution in [2.45, 2.75) is 45.6 Å². The minimum Gasteiger partial charge on any atom is -0.497 e. The number of aryl methyl sites for hydroxylation is 2. The molecule has 0 bridgehead atoms. The van der Waals surface area contributed by atoms with Gasteiger partial charge in [0.15, 0.2) is 5.78 Å². The quantitative estimate of drug-likeness (QED) is 0.238. The van der Waals surface area contributed by atoms with Gasteiger partial charge in [-0.3, -0.25) is 19.8 Å². The standard InChI is InChI=1S/C32H29ClN4O5/c1-18-13-19(2)24(14-20(18)17-42-23-10-8-22(41-3)9-11-23)30-25(16-34)32(35)36(27-5-4-6-29(38)31(27)30)28-15-21(37(39)40)7-12-26(28)33/h7-15,30H,4-6,17,35H2,1-3H3. The molecule has 0 fully saturated rings. The van der Waals surface area contributed by atoms with E-state index in [9.17, 15) is 20.2 Å². The second-order valence-electron chi connectivity index (χ2n) is 10.3. The van der Waals surface area contributed by atoms with Crippen molar-refractivity contribution in [2.75, 3.05) is 12.0 Å². The molecule has 0 amide bonds. The van der Waals surface area contributed by atoms with E-state index < -0.39 is 10.8 Å². The minimum absolute atomic E-state index is 0.0920. The first-order valence-corrected chi connectivity index (χ1v) is 13.8. The number of benzene rings is 3. The van der Waals surface area contributed by atoms with E-state index in [0.717, 1.165) is 28.0 Å². The van der Waals surface area contributed by atoms with Gasteiger partial charge in [-0.25, -0.2) is 0 Å². The predicted octanol–water partition coefficient (Wildman–Crippen LogP) is 6.76. The number of non-ortho nitro benzene ring substituents is 1. The molecule has 2 aliphatic rings. The Kier molecular flexibility index (Phi) is 7.92. The first kappa shape index (κ1) is 28.7. The zero-order chi connectivity index (χ0) is 30.1. The van der Waals surface area contributed by atoms with Crippen molar-refractivity contribution in [3.05, 3.63) is 115 Å². The van der Waals surface area contributed by atoms with Crippen molar-refractivity contribution in [1.82, 2.24) is 0 Å². The van der Waals surface area contributed by atoms with Gasteiger partial charge in [-0.2, -0.15) is 5.26 Å². The molecule has 214 valence electrons. The minimum atomic E-state index is -0.702. The van der Waals surface area contributed by atoms with Gasteiger partial charge in [0.1, 0.15) is 23.9 Å². The predicted molar refractivity (Wildman–Crippen MR) is 159 cm³/mol. The van der Waals surface area contributed by atoms with E-state index in [1.807, 2.05) is 50.2 Å². The molecule has 42 heavy (non-hydrogen) atoms. The average Bonchev–Trinajstić information content (AvgIpc) is 2.97. The van der Waals surface area contributed by atoms with Crippen molar-refractivity contribution < 1.29 is 19.2 Å². The van der Waals surface area contributed by atoms with Gasteiger partial charge in [0, 0.05) is 29.8 Å². The van der Waals surface area contributed by atoms with Crippen molar-refractivity contribution in [3.63, 3.8) is 0 Å². The monoisotopic (exact) mass is 584 g/mol. The molecule has 3 aromatic rings. The number of ether oxygens (including phenoxy) is 2. The summed E-state index contributed by atoms with van der Waals surface area (Å²) in [5, 5.41) is 22.2. The molecule has 9 nitrogen and oxygen atoms in total. The summed E-state index contributed by atoms with van der Waals surface area (Å²) >= 11 is 6.52. The van der Waals surface area contributed by atoms with Crippen LogP contribution >= 0.6 is 11.6 Å². The molecule has 1 aliphatic carbocycles. The molecule has 0 radical (unpaired) electrons. The van der Waals surface area contributed by atoms with Gasteiger partial charge < -0.3 is 15.2 Å². The number of nitrogens with two attached hydrogens (primary N) is 1. The summed E-state index contributed by atoms with van der Waals surface area (Å²) in [6.07, 6.45) is 1.40. The van der Waals surface area contributed by atoms with Gasteiger partial charge in [0.05, 0.1) is 40.3 Å². The molecule has 1 atom stereocenters. The topological polar surface area (TPSA) is 132 Å². The highest BCUT2D eigenvalue weighted by molar-refractivity contribution is 6.33. The van der Waals surface area contributed by atoms with Gasteiger partial charge in [0.25, 0.3) is 5.69 Å². The fourth-order valence-electron chi connectivity index (χ4n) is 5.67. The Morgan fingerprint density at radius 2 is 1.81 bits per heavy atom. The number of carbonyl (C=O) groups excluding carboxylic acids is 1. The highest BCUT2D eigenvalue weighted by atomic mass is 35.5. The maximum Gasteiger partial charge on any atom is 0.271 e. The van der Waals surface area contributed by atoms with E-state index in [4.69, 9.17) is 26.8 Å². The third-order valence-corrected chi connectivity index (χ3v) is 8.10. The van der Waals surface area contributed by atoms with Crippen molar-refractivity contribution in [1.29, 1.82) is 5.26 Å².